The molecule has 0 atom stereocenters. The van der Waals surface area contributed by atoms with Crippen LogP contribution in [0.4, 0.5) is 11.5 Å². The van der Waals surface area contributed by atoms with Crippen LogP contribution in [-0.2, 0) is 0 Å². The maximum absolute atomic E-state index is 10.9. The second-order valence-electron chi connectivity index (χ2n) is 3.95. The third kappa shape index (κ3) is 2.87. The average Bonchev–Trinajstić information content (AvgIpc) is 2.39. The van der Waals surface area contributed by atoms with Crippen molar-refractivity contribution in [3.63, 3.8) is 0 Å². The SMILES string of the molecule is Cc1nc(Nc2ccc(C#N)cc2)ccc1C(=O)O. The van der Waals surface area contributed by atoms with E-state index in [1.165, 1.54) is 6.07 Å². The average molecular weight is 253 g/mol. The number of rotatable bonds is 3. The lowest BCUT2D eigenvalue weighted by atomic mass is 10.2. The van der Waals surface area contributed by atoms with Gasteiger partial charge in [0.1, 0.15) is 5.82 Å². The van der Waals surface area contributed by atoms with Gasteiger partial charge in [0.2, 0.25) is 0 Å². The summed E-state index contributed by atoms with van der Waals surface area (Å²) in [7, 11) is 0. The molecule has 0 aliphatic carbocycles. The summed E-state index contributed by atoms with van der Waals surface area (Å²) in [6.07, 6.45) is 0. The fraction of sp³-hybridized carbons (Fsp3) is 0.0714. The minimum Gasteiger partial charge on any atom is -0.478 e. The van der Waals surface area contributed by atoms with Crippen LogP contribution in [0.25, 0.3) is 0 Å². The molecule has 0 saturated heterocycles. The molecule has 0 aliphatic rings. The van der Waals surface area contributed by atoms with E-state index < -0.39 is 5.97 Å². The van der Waals surface area contributed by atoms with Gasteiger partial charge in [-0.25, -0.2) is 9.78 Å². The van der Waals surface area contributed by atoms with Crippen molar-refractivity contribution in [3.05, 3.63) is 53.2 Å². The summed E-state index contributed by atoms with van der Waals surface area (Å²) in [6, 6.07) is 12.1. The molecule has 0 aliphatic heterocycles. The van der Waals surface area contributed by atoms with E-state index >= 15 is 0 Å². The van der Waals surface area contributed by atoms with Crippen LogP contribution in [0, 0.1) is 18.3 Å². The number of carbonyl (C=O) groups is 1. The minimum absolute atomic E-state index is 0.186. The lowest BCUT2D eigenvalue weighted by molar-refractivity contribution is 0.0695. The van der Waals surface area contributed by atoms with Gasteiger partial charge in [-0.15, -0.1) is 0 Å². The predicted molar refractivity (Wildman–Crippen MR) is 70.4 cm³/mol. The lowest BCUT2D eigenvalue weighted by Crippen LogP contribution is -2.03. The van der Waals surface area contributed by atoms with Crippen molar-refractivity contribution in [1.82, 2.24) is 4.98 Å². The molecule has 2 N–H and O–H groups in total. The molecule has 2 aromatic rings. The Labute approximate surface area is 110 Å². The number of hydrogen-bond donors (Lipinski definition) is 2. The zero-order valence-electron chi connectivity index (χ0n) is 10.2. The van der Waals surface area contributed by atoms with Gasteiger partial charge < -0.3 is 10.4 Å². The maximum Gasteiger partial charge on any atom is 0.337 e. The third-order valence-electron chi connectivity index (χ3n) is 2.60. The Balaban J connectivity index is 2.21. The molecule has 5 nitrogen and oxygen atoms in total. The second-order valence-corrected chi connectivity index (χ2v) is 3.95. The molecule has 0 saturated carbocycles. The zero-order chi connectivity index (χ0) is 13.8. The van der Waals surface area contributed by atoms with Crippen molar-refractivity contribution in [3.8, 4) is 6.07 Å². The quantitative estimate of drug-likeness (QED) is 0.878. The van der Waals surface area contributed by atoms with Crippen LogP contribution < -0.4 is 5.32 Å². The van der Waals surface area contributed by atoms with Gasteiger partial charge in [0.25, 0.3) is 0 Å². The number of anilines is 2. The molecule has 1 aromatic heterocycles. The van der Waals surface area contributed by atoms with E-state index in [2.05, 4.69) is 10.3 Å². The predicted octanol–water partition coefficient (Wildman–Crippen LogP) is 2.70. The van der Waals surface area contributed by atoms with Crippen molar-refractivity contribution in [2.75, 3.05) is 5.32 Å². The van der Waals surface area contributed by atoms with Gasteiger partial charge in [0, 0.05) is 5.69 Å². The fourth-order valence-corrected chi connectivity index (χ4v) is 1.63. The smallest absolute Gasteiger partial charge is 0.337 e. The van der Waals surface area contributed by atoms with Crippen LogP contribution in [0.1, 0.15) is 21.6 Å². The van der Waals surface area contributed by atoms with Gasteiger partial charge in [-0.1, -0.05) is 0 Å². The fourth-order valence-electron chi connectivity index (χ4n) is 1.63. The molecule has 19 heavy (non-hydrogen) atoms. The number of benzene rings is 1. The number of carboxylic acid groups (broad SMARTS) is 1. The number of pyridine rings is 1. The van der Waals surface area contributed by atoms with Crippen LogP contribution in [-0.4, -0.2) is 16.1 Å². The normalized spacial score (nSPS) is 9.68. The number of carboxylic acids is 1. The molecular weight excluding hydrogens is 242 g/mol. The number of hydrogen-bond acceptors (Lipinski definition) is 4. The van der Waals surface area contributed by atoms with Gasteiger partial charge >= 0.3 is 5.97 Å². The number of nitriles is 1. The van der Waals surface area contributed by atoms with Crippen LogP contribution in [0.3, 0.4) is 0 Å². The first kappa shape index (κ1) is 12.6. The molecule has 5 heteroatoms. The van der Waals surface area contributed by atoms with Gasteiger partial charge in [-0.2, -0.15) is 5.26 Å². The van der Waals surface area contributed by atoms with Gasteiger partial charge in [0.15, 0.2) is 0 Å². The molecular formula is C14H11N3O2. The Kier molecular flexibility index (Phi) is 3.44. The highest BCUT2D eigenvalue weighted by molar-refractivity contribution is 5.89. The summed E-state index contributed by atoms with van der Waals surface area (Å²) in [6.45, 7) is 1.65. The molecule has 0 radical (unpaired) electrons. The standard InChI is InChI=1S/C14H11N3O2/c1-9-12(14(18)19)6-7-13(16-9)17-11-4-2-10(8-15)3-5-11/h2-7H,1H3,(H,16,17)(H,18,19). The van der Waals surface area contributed by atoms with E-state index in [1.807, 2.05) is 6.07 Å². The van der Waals surface area contributed by atoms with Crippen molar-refractivity contribution in [2.45, 2.75) is 6.92 Å². The first-order chi connectivity index (χ1) is 9.10. The van der Waals surface area contributed by atoms with Crippen molar-refractivity contribution < 1.29 is 9.90 Å². The number of nitrogens with one attached hydrogen (secondary N) is 1. The van der Waals surface area contributed by atoms with Crippen molar-refractivity contribution in [1.29, 1.82) is 5.26 Å². The van der Waals surface area contributed by atoms with Crippen LogP contribution in [0.5, 0.6) is 0 Å². The zero-order valence-corrected chi connectivity index (χ0v) is 10.2. The third-order valence-corrected chi connectivity index (χ3v) is 2.60. The highest BCUT2D eigenvalue weighted by Crippen LogP contribution is 2.17. The molecule has 94 valence electrons. The maximum atomic E-state index is 10.9. The van der Waals surface area contributed by atoms with Crippen molar-refractivity contribution >= 4 is 17.5 Å². The summed E-state index contributed by atoms with van der Waals surface area (Å²) in [4.78, 5) is 15.0. The Morgan fingerprint density at radius 2 is 1.95 bits per heavy atom. The highest BCUT2D eigenvalue weighted by Gasteiger charge is 2.08. The summed E-state index contributed by atoms with van der Waals surface area (Å²) in [5.74, 6) is -0.429. The first-order valence-electron chi connectivity index (χ1n) is 5.58. The number of aryl methyl sites for hydroxylation is 1. The second kappa shape index (κ2) is 5.19. The van der Waals surface area contributed by atoms with Crippen LogP contribution in [0.15, 0.2) is 36.4 Å². The molecule has 0 unspecified atom stereocenters. The molecule has 0 fully saturated rings. The Morgan fingerprint density at radius 3 is 2.47 bits per heavy atom. The lowest BCUT2D eigenvalue weighted by Gasteiger charge is -2.07. The Morgan fingerprint density at radius 1 is 1.26 bits per heavy atom. The van der Waals surface area contributed by atoms with E-state index in [-0.39, 0.29) is 5.56 Å². The monoisotopic (exact) mass is 253 g/mol. The highest BCUT2D eigenvalue weighted by atomic mass is 16.4. The Hall–Kier alpha value is -2.87. The summed E-state index contributed by atoms with van der Waals surface area (Å²) in [5.41, 5.74) is 2.00. The van der Waals surface area contributed by atoms with Gasteiger partial charge in [-0.3, -0.25) is 0 Å². The Bertz CT molecular complexity index is 657. The van der Waals surface area contributed by atoms with E-state index in [9.17, 15) is 4.79 Å². The molecule has 0 spiro atoms. The largest absolute Gasteiger partial charge is 0.478 e. The summed E-state index contributed by atoms with van der Waals surface area (Å²) >= 11 is 0. The van der Waals surface area contributed by atoms with Crippen LogP contribution in [0.2, 0.25) is 0 Å². The topological polar surface area (TPSA) is 86.0 Å². The molecule has 0 bridgehead atoms. The minimum atomic E-state index is -0.991. The molecule has 0 amide bonds. The van der Waals surface area contributed by atoms with Crippen LogP contribution >= 0.6 is 0 Å². The summed E-state index contributed by atoms with van der Waals surface area (Å²) in [5, 5.41) is 20.7. The number of aromatic nitrogens is 1. The van der Waals surface area contributed by atoms with E-state index in [0.29, 0.717) is 17.1 Å². The first-order valence-corrected chi connectivity index (χ1v) is 5.58. The van der Waals surface area contributed by atoms with Gasteiger partial charge in [-0.05, 0) is 43.3 Å². The van der Waals surface area contributed by atoms with Gasteiger partial charge in [0.05, 0.1) is 22.9 Å². The molecule has 1 heterocycles. The van der Waals surface area contributed by atoms with E-state index in [4.69, 9.17) is 10.4 Å². The molecule has 2 rings (SSSR count). The number of nitrogens with zero attached hydrogens (tertiary/aromatic N) is 2. The molecule has 1 aromatic carbocycles. The van der Waals surface area contributed by atoms with Crippen molar-refractivity contribution in [2.24, 2.45) is 0 Å². The van der Waals surface area contributed by atoms with E-state index in [0.717, 1.165) is 5.69 Å². The van der Waals surface area contributed by atoms with E-state index in [1.54, 1.807) is 37.3 Å². The summed E-state index contributed by atoms with van der Waals surface area (Å²) < 4.78 is 0. The number of aromatic carboxylic acids is 1.